The van der Waals surface area contributed by atoms with E-state index in [-0.39, 0.29) is 17.9 Å². The van der Waals surface area contributed by atoms with Gasteiger partial charge in [-0.2, -0.15) is 0 Å². The maximum Gasteiger partial charge on any atom is 0.229 e. The second-order valence-corrected chi connectivity index (χ2v) is 5.16. The number of nitrogens with zero attached hydrogens (tertiary/aromatic N) is 1. The minimum absolute atomic E-state index is 0. The van der Waals surface area contributed by atoms with Crippen molar-refractivity contribution in [3.63, 3.8) is 0 Å². The van der Waals surface area contributed by atoms with E-state index >= 15 is 0 Å². The maximum atomic E-state index is 10.7. The summed E-state index contributed by atoms with van der Waals surface area (Å²) in [4.78, 5) is 0. The Bertz CT molecular complexity index is 545. The molecule has 4 heteroatoms. The van der Waals surface area contributed by atoms with E-state index in [0.717, 1.165) is 5.56 Å². The first-order valence-electron chi connectivity index (χ1n) is 5.55. The second kappa shape index (κ2) is 4.21. The zero-order chi connectivity index (χ0) is 11.6. The van der Waals surface area contributed by atoms with Gasteiger partial charge in [-0.15, -0.1) is 0 Å². The molecule has 0 aliphatic carbocycles. The molecular weight excluding hydrogens is 250 g/mol. The first-order valence-corrected chi connectivity index (χ1v) is 5.55. The van der Waals surface area contributed by atoms with E-state index in [2.05, 4.69) is 38.4 Å². The highest BCUT2D eigenvalue weighted by molar-refractivity contribution is 5.99. The van der Waals surface area contributed by atoms with Crippen LogP contribution in [0.3, 0.4) is 0 Å². The molecule has 18 heavy (non-hydrogen) atoms. The lowest BCUT2D eigenvalue weighted by molar-refractivity contribution is -0.0586. The molecule has 0 saturated heterocycles. The molecule has 0 unspecified atom stereocenters. The SMILES string of the molecule is C[C@]1(O)c2cccc3cccc(c23)[N+]1(C)C.O.[Cl-]. The van der Waals surface area contributed by atoms with Gasteiger partial charge in [-0.25, -0.2) is 0 Å². The third-order valence-electron chi connectivity index (χ3n) is 4.08. The molecule has 0 spiro atoms. The van der Waals surface area contributed by atoms with Gasteiger partial charge in [0.25, 0.3) is 0 Å². The predicted octanol–water partition coefficient (Wildman–Crippen LogP) is -1.24. The van der Waals surface area contributed by atoms with Crippen LogP contribution in [0.2, 0.25) is 0 Å². The number of hydrogen-bond acceptors (Lipinski definition) is 1. The molecule has 3 nitrogen and oxygen atoms in total. The first kappa shape index (κ1) is 14.9. The van der Waals surface area contributed by atoms with Gasteiger partial charge in [0, 0.05) is 6.92 Å². The van der Waals surface area contributed by atoms with E-state index in [1.54, 1.807) is 0 Å². The van der Waals surface area contributed by atoms with Gasteiger partial charge < -0.3 is 23.0 Å². The molecule has 0 radical (unpaired) electrons. The van der Waals surface area contributed by atoms with Crippen LogP contribution in [0.1, 0.15) is 12.5 Å². The van der Waals surface area contributed by atoms with Crippen LogP contribution in [-0.4, -0.2) is 24.7 Å². The van der Waals surface area contributed by atoms with Crippen LogP contribution in [-0.2, 0) is 5.72 Å². The van der Waals surface area contributed by atoms with Crippen LogP contribution >= 0.6 is 0 Å². The summed E-state index contributed by atoms with van der Waals surface area (Å²) in [6.07, 6.45) is 0. The number of aliphatic hydroxyl groups is 1. The van der Waals surface area contributed by atoms with Crippen LogP contribution in [0.5, 0.6) is 0 Å². The Morgan fingerprint density at radius 2 is 1.61 bits per heavy atom. The van der Waals surface area contributed by atoms with Gasteiger partial charge in [0.05, 0.1) is 25.0 Å². The minimum atomic E-state index is -0.844. The molecule has 3 rings (SSSR count). The molecule has 1 heterocycles. The molecule has 0 saturated carbocycles. The van der Waals surface area contributed by atoms with Gasteiger partial charge in [0.15, 0.2) is 0 Å². The summed E-state index contributed by atoms with van der Waals surface area (Å²) in [6, 6.07) is 12.4. The fourth-order valence-corrected chi connectivity index (χ4v) is 2.72. The highest BCUT2D eigenvalue weighted by Gasteiger charge is 2.50. The smallest absolute Gasteiger partial charge is 0.229 e. The average Bonchev–Trinajstić information content (AvgIpc) is 2.40. The summed E-state index contributed by atoms with van der Waals surface area (Å²) >= 11 is 0. The van der Waals surface area contributed by atoms with Crippen molar-refractivity contribution < 1.29 is 23.0 Å². The standard InChI is InChI=1S/C14H16NO.ClH.H2O/c1-14(16)11-8-4-6-10-7-5-9-12(13(10)11)15(14,2)3;;/h4-9,16H,1-3H3;1H;1H2/q+1;;/p-1/t14-;;/m0../s1. The van der Waals surface area contributed by atoms with Crippen molar-refractivity contribution in [2.45, 2.75) is 12.6 Å². The predicted molar refractivity (Wildman–Crippen MR) is 70.8 cm³/mol. The van der Waals surface area contributed by atoms with Crippen molar-refractivity contribution in [2.75, 3.05) is 14.1 Å². The molecule has 3 N–H and O–H groups in total. The van der Waals surface area contributed by atoms with Crippen molar-refractivity contribution in [1.29, 1.82) is 0 Å². The van der Waals surface area contributed by atoms with Crippen molar-refractivity contribution in [1.82, 2.24) is 4.48 Å². The Morgan fingerprint density at radius 1 is 1.06 bits per heavy atom. The van der Waals surface area contributed by atoms with E-state index in [1.165, 1.54) is 16.5 Å². The number of halogens is 1. The van der Waals surface area contributed by atoms with E-state index in [0.29, 0.717) is 4.48 Å². The van der Waals surface area contributed by atoms with E-state index in [1.807, 2.05) is 19.1 Å². The Labute approximate surface area is 113 Å². The number of benzene rings is 2. The van der Waals surface area contributed by atoms with Gasteiger partial charge in [-0.3, -0.25) is 4.48 Å². The van der Waals surface area contributed by atoms with E-state index < -0.39 is 5.72 Å². The van der Waals surface area contributed by atoms with Crippen molar-refractivity contribution in [2.24, 2.45) is 0 Å². The Kier molecular flexibility index (Phi) is 3.49. The Balaban J connectivity index is 0.000000810. The van der Waals surface area contributed by atoms with Crippen LogP contribution in [0.15, 0.2) is 36.4 Å². The monoisotopic (exact) mass is 267 g/mol. The summed E-state index contributed by atoms with van der Waals surface area (Å²) in [5.41, 5.74) is 1.38. The minimum Gasteiger partial charge on any atom is -1.00 e. The molecule has 0 aromatic heterocycles. The summed E-state index contributed by atoms with van der Waals surface area (Å²) in [6.45, 7) is 1.89. The second-order valence-electron chi connectivity index (χ2n) is 5.16. The molecule has 1 aliphatic rings. The summed E-state index contributed by atoms with van der Waals surface area (Å²) in [5, 5.41) is 13.1. The summed E-state index contributed by atoms with van der Waals surface area (Å²) in [7, 11) is 4.10. The van der Waals surface area contributed by atoms with Crippen molar-refractivity contribution in [3.8, 4) is 0 Å². The fraction of sp³-hybridized carbons (Fsp3) is 0.286. The average molecular weight is 268 g/mol. The molecule has 2 aromatic carbocycles. The van der Waals surface area contributed by atoms with Crippen LogP contribution in [0.25, 0.3) is 10.8 Å². The summed E-state index contributed by atoms with van der Waals surface area (Å²) < 4.78 is 0.490. The van der Waals surface area contributed by atoms with Gasteiger partial charge in [0.1, 0.15) is 5.69 Å². The Hall–Kier alpha value is -1.13. The van der Waals surface area contributed by atoms with Gasteiger partial charge in [0.2, 0.25) is 5.72 Å². The quantitative estimate of drug-likeness (QED) is 0.597. The van der Waals surface area contributed by atoms with Crippen LogP contribution < -0.4 is 16.9 Å². The lowest BCUT2D eigenvalue weighted by Crippen LogP contribution is -3.00. The lowest BCUT2D eigenvalue weighted by Gasteiger charge is -2.37. The number of rotatable bonds is 0. The summed E-state index contributed by atoms with van der Waals surface area (Å²) in [5.74, 6) is 0. The highest BCUT2D eigenvalue weighted by Crippen LogP contribution is 2.49. The molecule has 1 atom stereocenters. The first-order chi connectivity index (χ1) is 7.46. The Morgan fingerprint density at radius 3 is 2.22 bits per heavy atom. The van der Waals surface area contributed by atoms with Crippen LogP contribution in [0.4, 0.5) is 5.69 Å². The number of quaternary nitrogens is 1. The molecule has 0 fully saturated rings. The zero-order valence-electron chi connectivity index (χ0n) is 10.7. The number of hydrogen-bond donors (Lipinski definition) is 1. The topological polar surface area (TPSA) is 51.7 Å². The molecular formula is C14H18ClNO2. The third-order valence-corrected chi connectivity index (χ3v) is 4.08. The zero-order valence-corrected chi connectivity index (χ0v) is 11.5. The van der Waals surface area contributed by atoms with Crippen molar-refractivity contribution in [3.05, 3.63) is 42.0 Å². The molecule has 0 amide bonds. The largest absolute Gasteiger partial charge is 1.00 e. The van der Waals surface area contributed by atoms with Crippen molar-refractivity contribution >= 4 is 16.5 Å². The van der Waals surface area contributed by atoms with E-state index in [9.17, 15) is 5.11 Å². The van der Waals surface area contributed by atoms with Gasteiger partial charge in [-0.1, -0.05) is 24.3 Å². The third kappa shape index (κ3) is 1.49. The normalized spacial score (nSPS) is 23.3. The highest BCUT2D eigenvalue weighted by atomic mass is 35.5. The molecule has 98 valence electrons. The molecule has 1 aliphatic heterocycles. The maximum absolute atomic E-state index is 10.7. The van der Waals surface area contributed by atoms with Gasteiger partial charge in [-0.05, 0) is 17.5 Å². The van der Waals surface area contributed by atoms with Crippen LogP contribution in [0, 0.1) is 0 Å². The van der Waals surface area contributed by atoms with Gasteiger partial charge >= 0.3 is 0 Å². The fourth-order valence-electron chi connectivity index (χ4n) is 2.72. The molecule has 0 bridgehead atoms. The van der Waals surface area contributed by atoms with E-state index in [4.69, 9.17) is 0 Å². The lowest BCUT2D eigenvalue weighted by atomic mass is 10.0. The molecule has 2 aromatic rings.